The van der Waals surface area contributed by atoms with Crippen LogP contribution in [0.25, 0.3) is 0 Å². The second-order valence-electron chi connectivity index (χ2n) is 5.34. The predicted octanol–water partition coefficient (Wildman–Crippen LogP) is 2.32. The Morgan fingerprint density at radius 3 is 2.00 bits per heavy atom. The second-order valence-corrected chi connectivity index (χ2v) is 5.34. The van der Waals surface area contributed by atoms with E-state index in [1.807, 2.05) is 0 Å². The van der Waals surface area contributed by atoms with Crippen LogP contribution in [-0.2, 0) is 0 Å². The Balaban J connectivity index is 1.73. The molecular formula is C11H21BF3N2-. The molecule has 2 aliphatic rings. The summed E-state index contributed by atoms with van der Waals surface area (Å²) < 4.78 is 36.9. The molecule has 2 saturated heterocycles. The molecule has 0 N–H and O–H groups in total. The Kier molecular flexibility index (Phi) is 4.36. The van der Waals surface area contributed by atoms with E-state index in [9.17, 15) is 12.9 Å². The predicted molar refractivity (Wildman–Crippen MR) is 64.0 cm³/mol. The minimum atomic E-state index is -4.65. The van der Waals surface area contributed by atoms with Gasteiger partial charge in [0.15, 0.2) is 0 Å². The topological polar surface area (TPSA) is 6.48 Å². The van der Waals surface area contributed by atoms with Crippen molar-refractivity contribution in [2.45, 2.75) is 38.1 Å². The fourth-order valence-corrected chi connectivity index (χ4v) is 3.04. The molecule has 2 aliphatic heterocycles. The van der Waals surface area contributed by atoms with Gasteiger partial charge in [0.25, 0.3) is 0 Å². The van der Waals surface area contributed by atoms with E-state index in [2.05, 4.69) is 4.90 Å². The van der Waals surface area contributed by atoms with Crippen LogP contribution in [0.15, 0.2) is 0 Å². The van der Waals surface area contributed by atoms with E-state index < -0.39 is 13.4 Å². The first-order chi connectivity index (χ1) is 8.04. The van der Waals surface area contributed by atoms with Gasteiger partial charge >= 0.3 is 6.98 Å². The maximum atomic E-state index is 12.3. The van der Waals surface area contributed by atoms with Crippen molar-refractivity contribution >= 4 is 6.98 Å². The lowest BCUT2D eigenvalue weighted by Crippen LogP contribution is -2.49. The summed E-state index contributed by atoms with van der Waals surface area (Å²) in [5.41, 5.74) is 0. The molecule has 0 aromatic rings. The smallest absolute Gasteiger partial charge is 0.448 e. The van der Waals surface area contributed by atoms with Crippen molar-refractivity contribution in [1.82, 2.24) is 9.80 Å². The molecule has 2 nitrogen and oxygen atoms in total. The van der Waals surface area contributed by atoms with Gasteiger partial charge in [-0.15, -0.1) is 0 Å². The Morgan fingerprint density at radius 2 is 1.47 bits per heavy atom. The molecule has 17 heavy (non-hydrogen) atoms. The summed E-state index contributed by atoms with van der Waals surface area (Å²) in [5, 5.41) is 0. The number of halogens is 3. The number of likely N-dealkylation sites (tertiary alicyclic amines) is 2. The minimum absolute atomic E-state index is 0.535. The molecule has 0 aliphatic carbocycles. The molecule has 0 aromatic carbocycles. The van der Waals surface area contributed by atoms with Crippen LogP contribution < -0.4 is 0 Å². The van der Waals surface area contributed by atoms with Gasteiger partial charge in [-0.05, 0) is 58.3 Å². The summed E-state index contributed by atoms with van der Waals surface area (Å²) in [5.74, 6) is 0. The van der Waals surface area contributed by atoms with Crippen LogP contribution in [0.3, 0.4) is 0 Å². The Labute approximate surface area is 101 Å². The number of hydrogen-bond donors (Lipinski definition) is 0. The molecule has 0 radical (unpaired) electrons. The van der Waals surface area contributed by atoms with Crippen molar-refractivity contribution in [3.63, 3.8) is 0 Å². The highest BCUT2D eigenvalue weighted by molar-refractivity contribution is 6.58. The molecular weight excluding hydrogens is 228 g/mol. The lowest BCUT2D eigenvalue weighted by molar-refractivity contribution is 0.0960. The van der Waals surface area contributed by atoms with E-state index in [0.717, 1.165) is 25.9 Å². The van der Waals surface area contributed by atoms with Crippen molar-refractivity contribution in [1.29, 1.82) is 0 Å². The van der Waals surface area contributed by atoms with Crippen LogP contribution in [0, 0.1) is 0 Å². The zero-order valence-electron chi connectivity index (χ0n) is 10.3. The van der Waals surface area contributed by atoms with Gasteiger partial charge in [0, 0.05) is 6.04 Å². The highest BCUT2D eigenvalue weighted by Crippen LogP contribution is 2.22. The summed E-state index contributed by atoms with van der Waals surface area (Å²) in [4.78, 5) is 4.06. The van der Waals surface area contributed by atoms with Gasteiger partial charge < -0.3 is 22.7 Å². The Morgan fingerprint density at radius 1 is 0.882 bits per heavy atom. The van der Waals surface area contributed by atoms with Crippen molar-refractivity contribution in [2.24, 2.45) is 0 Å². The third-order valence-corrected chi connectivity index (χ3v) is 3.93. The van der Waals surface area contributed by atoms with Gasteiger partial charge in [0.1, 0.15) is 0 Å². The zero-order chi connectivity index (χ0) is 12.3. The van der Waals surface area contributed by atoms with Gasteiger partial charge in [-0.25, -0.2) is 0 Å². The molecule has 0 bridgehead atoms. The highest BCUT2D eigenvalue weighted by Gasteiger charge is 2.30. The van der Waals surface area contributed by atoms with E-state index in [1.165, 1.54) is 19.3 Å². The lowest BCUT2D eigenvalue weighted by Gasteiger charge is -2.41. The fourth-order valence-electron chi connectivity index (χ4n) is 3.04. The maximum Gasteiger partial charge on any atom is 0.492 e. The normalized spacial score (nSPS) is 26.3. The summed E-state index contributed by atoms with van der Waals surface area (Å²) in [7, 11) is 0. The first-order valence-corrected chi connectivity index (χ1v) is 6.72. The average Bonchev–Trinajstić information content (AvgIpc) is 2.29. The second kappa shape index (κ2) is 5.61. The molecule has 0 unspecified atom stereocenters. The number of hydrogen-bond acceptors (Lipinski definition) is 2. The van der Waals surface area contributed by atoms with Crippen LogP contribution in [0.2, 0.25) is 0 Å². The molecule has 2 rings (SSSR count). The van der Waals surface area contributed by atoms with Crippen LogP contribution in [0.4, 0.5) is 12.9 Å². The van der Waals surface area contributed by atoms with Crippen molar-refractivity contribution in [3.05, 3.63) is 0 Å². The summed E-state index contributed by atoms with van der Waals surface area (Å²) in [6.07, 6.45) is 4.97. The zero-order valence-corrected chi connectivity index (χ0v) is 10.3. The SMILES string of the molecule is F[B-](F)(F)CN1CCC(N2CCCCC2)CC1. The van der Waals surface area contributed by atoms with Gasteiger partial charge in [-0.1, -0.05) is 6.42 Å². The first-order valence-electron chi connectivity index (χ1n) is 6.72. The number of nitrogens with zero attached hydrogens (tertiary/aromatic N) is 2. The lowest BCUT2D eigenvalue weighted by atomic mass is 9.89. The van der Waals surface area contributed by atoms with Crippen LogP contribution in [0.1, 0.15) is 32.1 Å². The first kappa shape index (κ1) is 13.2. The molecule has 0 atom stereocenters. The van der Waals surface area contributed by atoms with Gasteiger partial charge in [0.05, 0.1) is 0 Å². The van der Waals surface area contributed by atoms with E-state index in [0.29, 0.717) is 19.1 Å². The van der Waals surface area contributed by atoms with E-state index in [-0.39, 0.29) is 0 Å². The van der Waals surface area contributed by atoms with E-state index in [1.54, 1.807) is 4.90 Å². The summed E-state index contributed by atoms with van der Waals surface area (Å²) >= 11 is 0. The number of rotatable bonds is 3. The minimum Gasteiger partial charge on any atom is -0.448 e. The fraction of sp³-hybridized carbons (Fsp3) is 1.00. The van der Waals surface area contributed by atoms with Crippen LogP contribution >= 0.6 is 0 Å². The van der Waals surface area contributed by atoms with Crippen molar-refractivity contribution in [3.8, 4) is 0 Å². The van der Waals surface area contributed by atoms with Crippen molar-refractivity contribution in [2.75, 3.05) is 32.6 Å². The third kappa shape index (κ3) is 4.18. The molecule has 2 fully saturated rings. The van der Waals surface area contributed by atoms with E-state index in [4.69, 9.17) is 0 Å². The van der Waals surface area contributed by atoms with Gasteiger partial charge in [0.2, 0.25) is 0 Å². The highest BCUT2D eigenvalue weighted by atomic mass is 19.4. The average molecular weight is 249 g/mol. The quantitative estimate of drug-likeness (QED) is 0.708. The Hall–Kier alpha value is -0.225. The van der Waals surface area contributed by atoms with Crippen molar-refractivity contribution < 1.29 is 12.9 Å². The monoisotopic (exact) mass is 249 g/mol. The molecule has 0 amide bonds. The van der Waals surface area contributed by atoms with E-state index >= 15 is 0 Å². The van der Waals surface area contributed by atoms with Gasteiger partial charge in [-0.3, -0.25) is 0 Å². The van der Waals surface area contributed by atoms with Gasteiger partial charge in [-0.2, -0.15) is 0 Å². The molecule has 6 heteroatoms. The largest absolute Gasteiger partial charge is 0.492 e. The molecule has 0 aromatic heterocycles. The molecule has 0 spiro atoms. The van der Waals surface area contributed by atoms with Crippen LogP contribution in [-0.4, -0.2) is 55.4 Å². The Bertz CT molecular complexity index is 233. The molecule has 100 valence electrons. The summed E-state index contributed by atoms with van der Waals surface area (Å²) in [6, 6.07) is 0.535. The van der Waals surface area contributed by atoms with Crippen LogP contribution in [0.5, 0.6) is 0 Å². The standard InChI is InChI=1S/C11H21BF3N2/c13-12(14,15)10-16-8-4-11(5-9-16)17-6-2-1-3-7-17/h11H,1-10H2/q-1. The molecule has 2 heterocycles. The maximum absolute atomic E-state index is 12.3. The third-order valence-electron chi connectivity index (χ3n) is 3.93. The molecule has 0 saturated carbocycles. The number of piperidine rings is 2. The summed E-state index contributed by atoms with van der Waals surface area (Å²) in [6.45, 7) is -1.13.